The summed E-state index contributed by atoms with van der Waals surface area (Å²) in [7, 11) is 2.10. The van der Waals surface area contributed by atoms with E-state index < -0.39 is 5.67 Å². The third-order valence-corrected chi connectivity index (χ3v) is 9.94. The molecule has 1 amide bonds. The predicted molar refractivity (Wildman–Crippen MR) is 166 cm³/mol. The highest BCUT2D eigenvalue weighted by Crippen LogP contribution is 2.46. The first-order valence-corrected chi connectivity index (χ1v) is 15.5. The zero-order valence-corrected chi connectivity index (χ0v) is 25.4. The molecule has 1 spiro atoms. The van der Waals surface area contributed by atoms with Gasteiger partial charge in [0.1, 0.15) is 11.5 Å². The number of rotatable bonds is 10. The number of aldehydes is 1. The topological polar surface area (TPSA) is 79.0 Å². The van der Waals surface area contributed by atoms with Gasteiger partial charge in [0.25, 0.3) is 5.91 Å². The number of hydrogen-bond donors (Lipinski definition) is 1. The van der Waals surface area contributed by atoms with Gasteiger partial charge in [-0.1, -0.05) is 30.3 Å². The van der Waals surface area contributed by atoms with Crippen LogP contribution in [-0.4, -0.2) is 67.1 Å². The van der Waals surface area contributed by atoms with Crippen molar-refractivity contribution in [2.45, 2.75) is 64.1 Å². The van der Waals surface area contributed by atoms with Gasteiger partial charge in [0, 0.05) is 49.6 Å². The van der Waals surface area contributed by atoms with Gasteiger partial charge in [-0.2, -0.15) is 0 Å². The standard InChI is InChI=1S/C35H44F2N4O2/c1-34(37)14-12-25(13-15-34)16-28-5-3-4-27(32(28)21-42)8-9-30-20-41(24-35(30)22-40(2)23-35)33(43)29(17-38)19-39-18-26-6-10-31(36)11-7-26/h3-7,10-11,17,19,21,25,30H,8-9,12-16,18,20,22-24,38H2,1-2H3/b29-17+,39-19?. The summed E-state index contributed by atoms with van der Waals surface area (Å²) in [6, 6.07) is 12.3. The lowest BCUT2D eigenvalue weighted by Crippen LogP contribution is -2.58. The first-order valence-electron chi connectivity index (χ1n) is 15.5. The number of nitrogens with two attached hydrogens (primary N) is 1. The van der Waals surface area contributed by atoms with Gasteiger partial charge >= 0.3 is 0 Å². The SMILES string of the molecule is CN1CC2(C1)CN(C(=O)/C(C=NCc1ccc(F)cc1)=C/N)CC2CCc1cccc(CC2CCC(C)(F)CC2)c1C=O. The van der Waals surface area contributed by atoms with Crippen molar-refractivity contribution in [2.24, 2.45) is 28.0 Å². The van der Waals surface area contributed by atoms with Crippen molar-refractivity contribution in [3.8, 4) is 0 Å². The van der Waals surface area contributed by atoms with Crippen molar-refractivity contribution in [1.82, 2.24) is 9.80 Å². The highest BCUT2D eigenvalue weighted by atomic mass is 19.1. The second-order valence-corrected chi connectivity index (χ2v) is 13.3. The molecule has 1 aliphatic carbocycles. The van der Waals surface area contributed by atoms with E-state index in [4.69, 9.17) is 5.73 Å². The van der Waals surface area contributed by atoms with Gasteiger partial charge in [-0.3, -0.25) is 14.6 Å². The van der Waals surface area contributed by atoms with Crippen molar-refractivity contribution in [2.75, 3.05) is 33.2 Å². The van der Waals surface area contributed by atoms with Gasteiger partial charge in [-0.15, -0.1) is 0 Å². The van der Waals surface area contributed by atoms with Gasteiger partial charge in [0.15, 0.2) is 6.29 Å². The van der Waals surface area contributed by atoms with Crippen LogP contribution in [0.15, 0.2) is 59.2 Å². The van der Waals surface area contributed by atoms with E-state index in [9.17, 15) is 18.4 Å². The lowest BCUT2D eigenvalue weighted by molar-refractivity contribution is -0.126. The van der Waals surface area contributed by atoms with Crippen LogP contribution in [0.4, 0.5) is 8.78 Å². The smallest absolute Gasteiger partial charge is 0.256 e. The maximum Gasteiger partial charge on any atom is 0.256 e. The van der Waals surface area contributed by atoms with Crippen molar-refractivity contribution in [1.29, 1.82) is 0 Å². The summed E-state index contributed by atoms with van der Waals surface area (Å²) in [4.78, 5) is 34.4. The largest absolute Gasteiger partial charge is 0.404 e. The fourth-order valence-electron chi connectivity index (χ4n) is 7.50. The Morgan fingerprint density at radius 1 is 1.09 bits per heavy atom. The number of carbonyl (C=O) groups excluding carboxylic acids is 2. The van der Waals surface area contributed by atoms with Crippen LogP contribution in [0.1, 0.15) is 66.1 Å². The number of amides is 1. The molecule has 6 nitrogen and oxygen atoms in total. The third-order valence-electron chi connectivity index (χ3n) is 9.94. The molecule has 230 valence electrons. The molecule has 1 saturated carbocycles. The molecule has 2 heterocycles. The fourth-order valence-corrected chi connectivity index (χ4v) is 7.50. The molecule has 5 rings (SSSR count). The highest BCUT2D eigenvalue weighted by Gasteiger charge is 2.53. The summed E-state index contributed by atoms with van der Waals surface area (Å²) >= 11 is 0. The van der Waals surface area contributed by atoms with E-state index in [1.165, 1.54) is 24.5 Å². The van der Waals surface area contributed by atoms with E-state index >= 15 is 0 Å². The first kappa shape index (κ1) is 31.0. The van der Waals surface area contributed by atoms with Crippen molar-refractivity contribution in [3.63, 3.8) is 0 Å². The van der Waals surface area contributed by atoms with Crippen molar-refractivity contribution >= 4 is 18.4 Å². The zero-order chi connectivity index (χ0) is 30.6. The van der Waals surface area contributed by atoms with Gasteiger partial charge in [-0.05, 0) is 99.6 Å². The van der Waals surface area contributed by atoms with Crippen LogP contribution in [-0.2, 0) is 24.2 Å². The molecule has 0 radical (unpaired) electrons. The molecule has 8 heteroatoms. The van der Waals surface area contributed by atoms with Crippen LogP contribution in [0, 0.1) is 23.1 Å². The molecule has 2 N–H and O–H groups in total. The number of benzene rings is 2. The third kappa shape index (κ3) is 7.23. The molecule has 3 fully saturated rings. The number of carbonyl (C=O) groups is 2. The normalized spacial score (nSPS) is 25.8. The minimum Gasteiger partial charge on any atom is -0.404 e. The predicted octanol–water partition coefficient (Wildman–Crippen LogP) is 5.54. The summed E-state index contributed by atoms with van der Waals surface area (Å²) in [5, 5.41) is 0. The number of alkyl halides is 1. The van der Waals surface area contributed by atoms with Gasteiger partial charge in [-0.25, -0.2) is 8.78 Å². The quantitative estimate of drug-likeness (QED) is 0.224. The van der Waals surface area contributed by atoms with Crippen LogP contribution in [0.3, 0.4) is 0 Å². The average Bonchev–Trinajstić information content (AvgIpc) is 3.35. The molecule has 2 aliphatic heterocycles. The van der Waals surface area contributed by atoms with Crippen LogP contribution >= 0.6 is 0 Å². The van der Waals surface area contributed by atoms with E-state index in [0.717, 1.165) is 73.7 Å². The second-order valence-electron chi connectivity index (χ2n) is 13.3. The Hall–Kier alpha value is -3.39. The maximum atomic E-state index is 14.3. The van der Waals surface area contributed by atoms with Gasteiger partial charge in [0.2, 0.25) is 0 Å². The number of halogens is 2. The molecule has 2 aromatic rings. The molecule has 2 aromatic carbocycles. The van der Waals surface area contributed by atoms with Crippen LogP contribution < -0.4 is 5.73 Å². The Labute approximate surface area is 254 Å². The lowest BCUT2D eigenvalue weighted by atomic mass is 9.70. The fraction of sp³-hybridized carbons (Fsp3) is 0.514. The maximum absolute atomic E-state index is 14.3. The van der Waals surface area contributed by atoms with Gasteiger partial charge in [0.05, 0.1) is 12.1 Å². The van der Waals surface area contributed by atoms with E-state index in [-0.39, 0.29) is 17.1 Å². The second kappa shape index (κ2) is 13.1. The van der Waals surface area contributed by atoms with E-state index in [2.05, 4.69) is 23.0 Å². The molecule has 1 unspecified atom stereocenters. The molecule has 0 aromatic heterocycles. The van der Waals surface area contributed by atoms with E-state index in [0.29, 0.717) is 49.9 Å². The molecular formula is C35H44F2N4O2. The molecule has 0 bridgehead atoms. The summed E-state index contributed by atoms with van der Waals surface area (Å²) < 4.78 is 27.5. The summed E-state index contributed by atoms with van der Waals surface area (Å²) in [6.07, 6.45) is 9.17. The molecule has 1 atom stereocenters. The van der Waals surface area contributed by atoms with Gasteiger partial charge < -0.3 is 15.5 Å². The van der Waals surface area contributed by atoms with E-state index in [1.807, 2.05) is 17.0 Å². The number of nitrogens with zero attached hydrogens (tertiary/aromatic N) is 3. The van der Waals surface area contributed by atoms with E-state index in [1.54, 1.807) is 19.1 Å². The van der Waals surface area contributed by atoms with Crippen LogP contribution in [0.2, 0.25) is 0 Å². The average molecular weight is 591 g/mol. The lowest BCUT2D eigenvalue weighted by Gasteiger charge is -2.49. The Morgan fingerprint density at radius 3 is 2.44 bits per heavy atom. The molecular weight excluding hydrogens is 546 g/mol. The minimum absolute atomic E-state index is 0.0233. The monoisotopic (exact) mass is 590 g/mol. The van der Waals surface area contributed by atoms with Crippen molar-refractivity contribution < 1.29 is 18.4 Å². The number of hydrogen-bond acceptors (Lipinski definition) is 5. The van der Waals surface area contributed by atoms with Crippen LogP contribution in [0.25, 0.3) is 0 Å². The molecule has 2 saturated heterocycles. The summed E-state index contributed by atoms with van der Waals surface area (Å²) in [6.45, 7) is 5.18. The summed E-state index contributed by atoms with van der Waals surface area (Å²) in [5.74, 6) is 0.275. The Kier molecular flexibility index (Phi) is 9.45. The Bertz CT molecular complexity index is 1350. The van der Waals surface area contributed by atoms with Crippen molar-refractivity contribution in [3.05, 3.63) is 82.3 Å². The Balaban J connectivity index is 1.23. The summed E-state index contributed by atoms with van der Waals surface area (Å²) in [5.41, 5.74) is 8.92. The first-order chi connectivity index (χ1) is 20.6. The molecule has 43 heavy (non-hydrogen) atoms. The Morgan fingerprint density at radius 2 is 1.79 bits per heavy atom. The highest BCUT2D eigenvalue weighted by molar-refractivity contribution is 6.12. The number of aliphatic imine (C=N–C) groups is 1. The van der Waals surface area contributed by atoms with Crippen LogP contribution in [0.5, 0.6) is 0 Å². The number of likely N-dealkylation sites (tertiary alicyclic amines) is 2. The minimum atomic E-state index is -1.06. The molecule has 3 aliphatic rings. The number of aryl methyl sites for hydroxylation is 1. The zero-order valence-electron chi connectivity index (χ0n) is 25.4.